The second-order valence-electron chi connectivity index (χ2n) is 8.58. The largest absolute Gasteiger partial charge is 0.481 e. The number of benzene rings is 3. The van der Waals surface area contributed by atoms with E-state index in [9.17, 15) is 14.0 Å². The molecular weight excluding hydrogens is 481 g/mol. The Bertz CT molecular complexity index is 1390. The van der Waals surface area contributed by atoms with E-state index < -0.39 is 5.97 Å². The molecule has 0 saturated heterocycles. The van der Waals surface area contributed by atoms with Crippen LogP contribution in [0.25, 0.3) is 22.3 Å². The average Bonchev–Trinajstić information content (AvgIpc) is 2.86. The van der Waals surface area contributed by atoms with Gasteiger partial charge in [0.25, 0.3) is 5.91 Å². The van der Waals surface area contributed by atoms with Gasteiger partial charge in [0.15, 0.2) is 0 Å². The monoisotopic (exact) mass is 505 g/mol. The summed E-state index contributed by atoms with van der Waals surface area (Å²) in [4.78, 5) is 33.4. The maximum atomic E-state index is 13.2. The molecule has 1 heterocycles. The van der Waals surface area contributed by atoms with Crippen LogP contribution in [0.2, 0.25) is 5.02 Å². The second-order valence-corrected chi connectivity index (χ2v) is 9.01. The van der Waals surface area contributed by atoms with Gasteiger partial charge < -0.3 is 10.4 Å². The van der Waals surface area contributed by atoms with E-state index in [1.165, 1.54) is 12.1 Å². The number of nitrogens with one attached hydrogen (secondary N) is 1. The normalized spacial score (nSPS) is 11.9. The molecule has 0 spiro atoms. The number of amides is 1. The van der Waals surface area contributed by atoms with Gasteiger partial charge in [-0.15, -0.1) is 0 Å². The molecule has 0 aliphatic heterocycles. The number of aliphatic carboxylic acids is 1. The lowest BCUT2D eigenvalue weighted by atomic mass is 10.0. The summed E-state index contributed by atoms with van der Waals surface area (Å²) in [5.74, 6) is -1.44. The van der Waals surface area contributed by atoms with E-state index in [0.29, 0.717) is 46.6 Å². The van der Waals surface area contributed by atoms with Crippen molar-refractivity contribution in [3.63, 3.8) is 0 Å². The molecule has 36 heavy (non-hydrogen) atoms. The van der Waals surface area contributed by atoms with Crippen LogP contribution in [-0.4, -0.2) is 27.0 Å². The zero-order valence-electron chi connectivity index (χ0n) is 19.7. The van der Waals surface area contributed by atoms with Crippen LogP contribution < -0.4 is 5.32 Å². The number of carbonyl (C=O) groups is 2. The molecule has 0 saturated carbocycles. The molecule has 1 atom stereocenters. The Morgan fingerprint density at radius 3 is 2.39 bits per heavy atom. The maximum absolute atomic E-state index is 13.2. The van der Waals surface area contributed by atoms with Crippen molar-refractivity contribution in [3.8, 4) is 11.3 Å². The van der Waals surface area contributed by atoms with Crippen LogP contribution in [0.15, 0.2) is 66.7 Å². The SMILES string of the molecule is C[C@@H](NC(=O)c1ccc2nc(-c3ccc(Cl)cc3)c(CCCCC(=O)O)nc2c1)c1ccc(F)cc1. The van der Waals surface area contributed by atoms with Crippen molar-refractivity contribution >= 4 is 34.5 Å². The number of halogens is 2. The standard InChI is InChI=1S/C28H25ClFN3O3/c1-17(18-8-13-22(30)14-9-18)31-28(36)20-10-15-23-25(16-20)32-24(4-2-3-5-26(34)35)27(33-23)19-6-11-21(29)12-7-19/h6-17H,2-5H2,1H3,(H,31,36)(H,34,35)/t17-/m1/s1. The van der Waals surface area contributed by atoms with Crippen LogP contribution in [0.4, 0.5) is 4.39 Å². The molecule has 184 valence electrons. The van der Waals surface area contributed by atoms with E-state index in [1.807, 2.05) is 19.1 Å². The third kappa shape index (κ3) is 6.23. The molecule has 6 nitrogen and oxygen atoms in total. The Morgan fingerprint density at radius 1 is 0.972 bits per heavy atom. The van der Waals surface area contributed by atoms with Crippen LogP contribution in [0.3, 0.4) is 0 Å². The zero-order valence-corrected chi connectivity index (χ0v) is 20.4. The number of nitrogens with zero attached hydrogens (tertiary/aromatic N) is 2. The fourth-order valence-electron chi connectivity index (χ4n) is 3.93. The minimum atomic E-state index is -0.831. The number of hydrogen-bond donors (Lipinski definition) is 2. The number of carbonyl (C=O) groups excluding carboxylic acids is 1. The topological polar surface area (TPSA) is 92.2 Å². The summed E-state index contributed by atoms with van der Waals surface area (Å²) in [7, 11) is 0. The summed E-state index contributed by atoms with van der Waals surface area (Å²) in [6.07, 6.45) is 1.81. The lowest BCUT2D eigenvalue weighted by molar-refractivity contribution is -0.137. The molecule has 3 aromatic carbocycles. The Kier molecular flexibility index (Phi) is 7.90. The Morgan fingerprint density at radius 2 is 1.69 bits per heavy atom. The number of aromatic nitrogens is 2. The van der Waals surface area contributed by atoms with Crippen molar-refractivity contribution in [1.29, 1.82) is 0 Å². The van der Waals surface area contributed by atoms with Gasteiger partial charge in [-0.1, -0.05) is 35.9 Å². The second kappa shape index (κ2) is 11.3. The highest BCUT2D eigenvalue weighted by Gasteiger charge is 2.16. The number of hydrogen-bond acceptors (Lipinski definition) is 4. The maximum Gasteiger partial charge on any atom is 0.303 e. The van der Waals surface area contributed by atoms with E-state index in [2.05, 4.69) is 5.32 Å². The summed E-state index contributed by atoms with van der Waals surface area (Å²) >= 11 is 6.05. The number of aryl methyl sites for hydroxylation is 1. The minimum absolute atomic E-state index is 0.0911. The molecule has 0 bridgehead atoms. The summed E-state index contributed by atoms with van der Waals surface area (Å²) in [6.45, 7) is 1.83. The third-order valence-electron chi connectivity index (χ3n) is 5.89. The van der Waals surface area contributed by atoms with Crippen molar-refractivity contribution in [2.75, 3.05) is 0 Å². The number of fused-ring (bicyclic) bond motifs is 1. The lowest BCUT2D eigenvalue weighted by Crippen LogP contribution is -2.26. The van der Waals surface area contributed by atoms with Gasteiger partial charge in [0.05, 0.1) is 28.5 Å². The van der Waals surface area contributed by atoms with Crippen LogP contribution in [0.1, 0.15) is 53.8 Å². The van der Waals surface area contributed by atoms with Crippen molar-refractivity contribution < 1.29 is 19.1 Å². The van der Waals surface area contributed by atoms with Gasteiger partial charge in [0, 0.05) is 22.6 Å². The molecule has 1 aromatic heterocycles. The summed E-state index contributed by atoms with van der Waals surface area (Å²) in [6, 6.07) is 18.2. The zero-order chi connectivity index (χ0) is 25.7. The molecule has 0 aliphatic carbocycles. The molecule has 4 rings (SSSR count). The van der Waals surface area contributed by atoms with Gasteiger partial charge in [-0.3, -0.25) is 9.59 Å². The van der Waals surface area contributed by atoms with Gasteiger partial charge in [0.1, 0.15) is 5.82 Å². The van der Waals surface area contributed by atoms with Crippen LogP contribution >= 0.6 is 11.6 Å². The van der Waals surface area contributed by atoms with Crippen LogP contribution in [-0.2, 0) is 11.2 Å². The van der Waals surface area contributed by atoms with E-state index in [4.69, 9.17) is 26.7 Å². The highest BCUT2D eigenvalue weighted by molar-refractivity contribution is 6.30. The molecule has 1 amide bonds. The van der Waals surface area contributed by atoms with Crippen molar-refractivity contribution in [2.45, 2.75) is 38.6 Å². The smallest absolute Gasteiger partial charge is 0.303 e. The van der Waals surface area contributed by atoms with Crippen molar-refractivity contribution in [3.05, 3.63) is 94.4 Å². The van der Waals surface area contributed by atoms with Gasteiger partial charge in [0.2, 0.25) is 0 Å². The number of unbranched alkanes of at least 4 members (excludes halogenated alkanes) is 1. The first-order chi connectivity index (χ1) is 17.3. The molecule has 0 fully saturated rings. The highest BCUT2D eigenvalue weighted by atomic mass is 35.5. The van der Waals surface area contributed by atoms with Gasteiger partial charge in [-0.05, 0) is 74.2 Å². The molecular formula is C28H25ClFN3O3. The molecule has 8 heteroatoms. The number of rotatable bonds is 9. The Balaban J connectivity index is 1.62. The first kappa shape index (κ1) is 25.3. The van der Waals surface area contributed by atoms with Gasteiger partial charge in [-0.25, -0.2) is 14.4 Å². The molecule has 4 aromatic rings. The minimum Gasteiger partial charge on any atom is -0.481 e. The molecule has 2 N–H and O–H groups in total. The Hall–Kier alpha value is -3.84. The summed E-state index contributed by atoms with van der Waals surface area (Å²) in [5.41, 5.74) is 4.73. The van der Waals surface area contributed by atoms with Crippen molar-refractivity contribution in [2.24, 2.45) is 0 Å². The first-order valence-corrected chi connectivity index (χ1v) is 12.0. The van der Waals surface area contributed by atoms with Crippen molar-refractivity contribution in [1.82, 2.24) is 15.3 Å². The average molecular weight is 506 g/mol. The van der Waals surface area contributed by atoms with E-state index in [0.717, 1.165) is 16.8 Å². The number of carboxylic acid groups (broad SMARTS) is 1. The van der Waals surface area contributed by atoms with Gasteiger partial charge >= 0.3 is 5.97 Å². The van der Waals surface area contributed by atoms with E-state index in [-0.39, 0.29) is 24.2 Å². The van der Waals surface area contributed by atoms with Gasteiger partial charge in [-0.2, -0.15) is 0 Å². The number of carboxylic acids is 1. The van der Waals surface area contributed by atoms with E-state index in [1.54, 1.807) is 42.5 Å². The fourth-order valence-corrected chi connectivity index (χ4v) is 4.05. The quantitative estimate of drug-likeness (QED) is 0.257. The van der Waals surface area contributed by atoms with Crippen LogP contribution in [0.5, 0.6) is 0 Å². The summed E-state index contributed by atoms with van der Waals surface area (Å²) < 4.78 is 13.2. The molecule has 0 radical (unpaired) electrons. The first-order valence-electron chi connectivity index (χ1n) is 11.6. The van der Waals surface area contributed by atoms with Crippen LogP contribution in [0, 0.1) is 5.82 Å². The van der Waals surface area contributed by atoms with E-state index >= 15 is 0 Å². The Labute approximate surface area is 213 Å². The lowest BCUT2D eigenvalue weighted by Gasteiger charge is -2.15. The highest BCUT2D eigenvalue weighted by Crippen LogP contribution is 2.27. The summed E-state index contributed by atoms with van der Waals surface area (Å²) in [5, 5.41) is 12.5. The third-order valence-corrected chi connectivity index (χ3v) is 6.14. The molecule has 0 unspecified atom stereocenters. The molecule has 0 aliphatic rings. The predicted molar refractivity (Wildman–Crippen MR) is 137 cm³/mol. The fraction of sp³-hybridized carbons (Fsp3) is 0.214. The predicted octanol–water partition coefficient (Wildman–Crippen LogP) is 6.38.